The van der Waals surface area contributed by atoms with Crippen LogP contribution < -0.4 is 0 Å². The molecule has 4 nitrogen and oxygen atoms in total. The number of carbonyl (C=O) groups is 1. The normalized spacial score (nSPS) is 10.8. The van der Waals surface area contributed by atoms with E-state index in [0.29, 0.717) is 26.3 Å². The Labute approximate surface area is 148 Å². The molecule has 24 heavy (non-hydrogen) atoms. The van der Waals surface area contributed by atoms with E-state index in [1.54, 1.807) is 14.2 Å². The Morgan fingerprint density at radius 3 is 2.42 bits per heavy atom. The summed E-state index contributed by atoms with van der Waals surface area (Å²) in [4.78, 5) is 15.6. The Balaban J connectivity index is 2.19. The number of hydrogen-bond acceptors (Lipinski definition) is 4. The maximum absolute atomic E-state index is 13.0. The van der Waals surface area contributed by atoms with E-state index in [1.165, 1.54) is 16.9 Å². The van der Waals surface area contributed by atoms with Crippen LogP contribution >= 0.6 is 11.3 Å². The summed E-state index contributed by atoms with van der Waals surface area (Å²) < 4.78 is 10.3. The highest BCUT2D eigenvalue weighted by Crippen LogP contribution is 2.29. The Morgan fingerprint density at radius 2 is 1.75 bits per heavy atom. The molecular weight excluding hydrogens is 322 g/mol. The van der Waals surface area contributed by atoms with Crippen LogP contribution in [0.1, 0.15) is 21.7 Å². The van der Waals surface area contributed by atoms with Crippen molar-refractivity contribution in [3.8, 4) is 11.1 Å². The summed E-state index contributed by atoms with van der Waals surface area (Å²) >= 11 is 1.49. The van der Waals surface area contributed by atoms with Gasteiger partial charge in [-0.2, -0.15) is 0 Å². The summed E-state index contributed by atoms with van der Waals surface area (Å²) in [5.74, 6) is 0.0636. The Hall–Kier alpha value is -1.69. The van der Waals surface area contributed by atoms with Gasteiger partial charge >= 0.3 is 0 Å². The van der Waals surface area contributed by atoms with Crippen LogP contribution in [0.15, 0.2) is 35.7 Å². The average molecular weight is 347 g/mol. The highest BCUT2D eigenvalue weighted by molar-refractivity contribution is 7.12. The van der Waals surface area contributed by atoms with Crippen LogP contribution in [0.5, 0.6) is 0 Å². The zero-order valence-corrected chi connectivity index (χ0v) is 15.4. The van der Waals surface area contributed by atoms with Gasteiger partial charge in [0.2, 0.25) is 0 Å². The first-order valence-corrected chi connectivity index (χ1v) is 8.97. The van der Waals surface area contributed by atoms with Crippen molar-refractivity contribution in [1.29, 1.82) is 0 Å². The summed E-state index contributed by atoms with van der Waals surface area (Å²) in [7, 11) is 3.33. The number of thiophene rings is 1. The van der Waals surface area contributed by atoms with E-state index in [-0.39, 0.29) is 5.91 Å². The molecule has 0 radical (unpaired) electrons. The van der Waals surface area contributed by atoms with Gasteiger partial charge in [0, 0.05) is 39.5 Å². The lowest BCUT2D eigenvalue weighted by molar-refractivity contribution is 0.0679. The van der Waals surface area contributed by atoms with Gasteiger partial charge in [0.05, 0.1) is 11.5 Å². The number of rotatable bonds is 9. The van der Waals surface area contributed by atoms with Crippen molar-refractivity contribution in [3.63, 3.8) is 0 Å². The van der Waals surface area contributed by atoms with Crippen LogP contribution in [0.2, 0.25) is 0 Å². The molecule has 0 N–H and O–H groups in total. The van der Waals surface area contributed by atoms with Crippen molar-refractivity contribution >= 4 is 17.2 Å². The molecule has 0 saturated carbocycles. The van der Waals surface area contributed by atoms with Gasteiger partial charge in [-0.3, -0.25) is 4.79 Å². The SMILES string of the molecule is COCCCN(CCOC)C(=O)c1sccc1-c1ccc(C)cc1. The Morgan fingerprint density at radius 1 is 1.04 bits per heavy atom. The van der Waals surface area contributed by atoms with E-state index in [2.05, 4.69) is 31.2 Å². The number of ether oxygens (including phenoxy) is 2. The smallest absolute Gasteiger partial charge is 0.264 e. The van der Waals surface area contributed by atoms with Gasteiger partial charge in [0.1, 0.15) is 0 Å². The molecule has 0 aliphatic carbocycles. The lowest BCUT2D eigenvalue weighted by Gasteiger charge is -2.22. The highest BCUT2D eigenvalue weighted by Gasteiger charge is 2.20. The maximum Gasteiger partial charge on any atom is 0.264 e. The second-order valence-corrected chi connectivity index (χ2v) is 6.58. The predicted molar refractivity (Wildman–Crippen MR) is 98.8 cm³/mol. The molecule has 0 aliphatic heterocycles. The zero-order chi connectivity index (χ0) is 17.4. The fraction of sp³-hybridized carbons (Fsp3) is 0.421. The quantitative estimate of drug-likeness (QED) is 0.647. The topological polar surface area (TPSA) is 38.8 Å². The molecule has 1 aromatic carbocycles. The zero-order valence-electron chi connectivity index (χ0n) is 14.6. The Kier molecular flexibility index (Phi) is 7.43. The number of methoxy groups -OCH3 is 2. The van der Waals surface area contributed by atoms with Crippen molar-refractivity contribution in [3.05, 3.63) is 46.2 Å². The molecule has 130 valence electrons. The van der Waals surface area contributed by atoms with E-state index in [0.717, 1.165) is 22.4 Å². The summed E-state index contributed by atoms with van der Waals surface area (Å²) in [5, 5.41) is 1.98. The molecule has 0 spiro atoms. The van der Waals surface area contributed by atoms with Crippen molar-refractivity contribution in [1.82, 2.24) is 4.90 Å². The van der Waals surface area contributed by atoms with Gasteiger partial charge in [-0.15, -0.1) is 11.3 Å². The number of aryl methyl sites for hydroxylation is 1. The van der Waals surface area contributed by atoms with Crippen LogP contribution in [-0.4, -0.2) is 51.3 Å². The van der Waals surface area contributed by atoms with E-state index in [9.17, 15) is 4.79 Å². The van der Waals surface area contributed by atoms with Gasteiger partial charge in [-0.05, 0) is 30.4 Å². The second-order valence-electron chi connectivity index (χ2n) is 5.66. The van der Waals surface area contributed by atoms with E-state index >= 15 is 0 Å². The van der Waals surface area contributed by atoms with Crippen LogP contribution in [-0.2, 0) is 9.47 Å². The first-order chi connectivity index (χ1) is 11.7. The standard InChI is InChI=1S/C19H25NO3S/c1-15-5-7-16(8-6-15)17-9-14-24-18(17)19(21)20(11-13-23-3)10-4-12-22-2/h5-9,14H,4,10-13H2,1-3H3. The van der Waals surface area contributed by atoms with E-state index < -0.39 is 0 Å². The van der Waals surface area contributed by atoms with Crippen molar-refractivity contribution in [2.75, 3.05) is 40.5 Å². The first-order valence-electron chi connectivity index (χ1n) is 8.09. The fourth-order valence-corrected chi connectivity index (χ4v) is 3.38. The third-order valence-electron chi connectivity index (χ3n) is 3.85. The summed E-state index contributed by atoms with van der Waals surface area (Å²) in [5.41, 5.74) is 3.29. The van der Waals surface area contributed by atoms with Gasteiger partial charge in [0.15, 0.2) is 0 Å². The molecule has 0 saturated heterocycles. The second kappa shape index (κ2) is 9.57. The third kappa shape index (κ3) is 4.90. The van der Waals surface area contributed by atoms with Gasteiger partial charge < -0.3 is 14.4 Å². The van der Waals surface area contributed by atoms with E-state index in [1.807, 2.05) is 16.3 Å². The number of nitrogens with zero attached hydrogens (tertiary/aromatic N) is 1. The fourth-order valence-electron chi connectivity index (χ4n) is 2.50. The van der Waals surface area contributed by atoms with E-state index in [4.69, 9.17) is 9.47 Å². The summed E-state index contributed by atoms with van der Waals surface area (Å²) in [6, 6.07) is 10.3. The molecule has 5 heteroatoms. The summed E-state index contributed by atoms with van der Waals surface area (Å²) in [6.07, 6.45) is 0.817. The van der Waals surface area contributed by atoms with Crippen molar-refractivity contribution < 1.29 is 14.3 Å². The largest absolute Gasteiger partial charge is 0.385 e. The minimum atomic E-state index is 0.0636. The van der Waals surface area contributed by atoms with Gasteiger partial charge in [-0.1, -0.05) is 29.8 Å². The molecule has 0 fully saturated rings. The molecule has 0 bridgehead atoms. The molecule has 2 aromatic rings. The first kappa shape index (κ1) is 18.6. The molecular formula is C19H25NO3S. The molecule has 0 unspecified atom stereocenters. The minimum Gasteiger partial charge on any atom is -0.385 e. The molecule has 0 atom stereocenters. The van der Waals surface area contributed by atoms with Crippen molar-refractivity contribution in [2.24, 2.45) is 0 Å². The minimum absolute atomic E-state index is 0.0636. The van der Waals surface area contributed by atoms with Gasteiger partial charge in [-0.25, -0.2) is 0 Å². The van der Waals surface area contributed by atoms with Crippen LogP contribution in [0, 0.1) is 6.92 Å². The van der Waals surface area contributed by atoms with Crippen molar-refractivity contribution in [2.45, 2.75) is 13.3 Å². The average Bonchev–Trinajstić information content (AvgIpc) is 3.07. The Bertz CT molecular complexity index is 636. The molecule has 1 aromatic heterocycles. The van der Waals surface area contributed by atoms with Gasteiger partial charge in [0.25, 0.3) is 5.91 Å². The highest BCUT2D eigenvalue weighted by atomic mass is 32.1. The summed E-state index contributed by atoms with van der Waals surface area (Å²) in [6.45, 7) is 4.49. The number of hydrogen-bond donors (Lipinski definition) is 0. The maximum atomic E-state index is 13.0. The molecule has 0 aliphatic rings. The number of carbonyl (C=O) groups excluding carboxylic acids is 1. The lowest BCUT2D eigenvalue weighted by atomic mass is 10.0. The number of benzene rings is 1. The van der Waals surface area contributed by atoms with Crippen LogP contribution in [0.4, 0.5) is 0 Å². The number of amides is 1. The van der Waals surface area contributed by atoms with Crippen LogP contribution in [0.3, 0.4) is 0 Å². The molecule has 1 amide bonds. The predicted octanol–water partition coefficient (Wildman–Crippen LogP) is 3.85. The molecule has 2 rings (SSSR count). The third-order valence-corrected chi connectivity index (χ3v) is 4.75. The molecule has 1 heterocycles. The lowest BCUT2D eigenvalue weighted by Crippen LogP contribution is -2.35. The van der Waals surface area contributed by atoms with Crippen LogP contribution in [0.25, 0.3) is 11.1 Å². The monoisotopic (exact) mass is 347 g/mol.